The van der Waals surface area contributed by atoms with Crippen molar-refractivity contribution in [2.24, 2.45) is 0 Å². The highest BCUT2D eigenvalue weighted by Gasteiger charge is 2.11. The van der Waals surface area contributed by atoms with E-state index in [2.05, 4.69) is 25.3 Å². The Hall–Kier alpha value is -2.83. The number of hydrogen-bond acceptors (Lipinski definition) is 6. The van der Waals surface area contributed by atoms with Gasteiger partial charge in [0.25, 0.3) is 0 Å². The summed E-state index contributed by atoms with van der Waals surface area (Å²) in [7, 11) is 0. The fourth-order valence-corrected chi connectivity index (χ4v) is 1.67. The van der Waals surface area contributed by atoms with Crippen molar-refractivity contribution in [3.63, 3.8) is 0 Å². The van der Waals surface area contributed by atoms with E-state index >= 15 is 0 Å². The molecule has 1 aliphatic heterocycles. The van der Waals surface area contributed by atoms with Crippen molar-refractivity contribution >= 4 is 28.6 Å². The molecule has 2 aromatic heterocycles. The maximum absolute atomic E-state index is 5.76. The molecule has 90 valence electrons. The molecule has 18 heavy (non-hydrogen) atoms. The topological polar surface area (TPSA) is 119 Å². The predicted octanol–water partition coefficient (Wildman–Crippen LogP) is 0.531. The van der Waals surface area contributed by atoms with Crippen LogP contribution in [-0.2, 0) is 0 Å². The molecule has 7 nitrogen and oxygen atoms in total. The minimum atomic E-state index is 0.112. The lowest BCUT2D eigenvalue weighted by Gasteiger charge is -2.00. The monoisotopic (exact) mass is 241 g/mol. The Labute approximate surface area is 102 Å². The molecule has 0 bridgehead atoms. The van der Waals surface area contributed by atoms with Gasteiger partial charge in [-0.25, -0.2) is 4.98 Å². The van der Waals surface area contributed by atoms with Crippen LogP contribution in [0.25, 0.3) is 16.9 Å². The summed E-state index contributed by atoms with van der Waals surface area (Å²) in [6.45, 7) is 0. The summed E-state index contributed by atoms with van der Waals surface area (Å²) in [4.78, 5) is 15.3. The summed E-state index contributed by atoms with van der Waals surface area (Å²) in [6, 6.07) is 0. The minimum absolute atomic E-state index is 0.112. The second-order valence-electron chi connectivity index (χ2n) is 3.72. The highest BCUT2D eigenvalue weighted by atomic mass is 15.1. The number of nitrogen functional groups attached to an aromatic ring is 2. The molecule has 0 saturated heterocycles. The van der Waals surface area contributed by atoms with Gasteiger partial charge in [-0.2, -0.15) is 9.97 Å². The second kappa shape index (κ2) is 3.88. The summed E-state index contributed by atoms with van der Waals surface area (Å²) in [5, 5.41) is 3.10. The van der Waals surface area contributed by atoms with E-state index < -0.39 is 0 Å². The molecule has 0 fully saturated rings. The lowest BCUT2D eigenvalue weighted by molar-refractivity contribution is 1.13. The maximum Gasteiger partial charge on any atom is 0.224 e. The first-order chi connectivity index (χ1) is 8.74. The average Bonchev–Trinajstić information content (AvgIpc) is 2.59. The van der Waals surface area contributed by atoms with Crippen molar-refractivity contribution in [1.29, 1.82) is 0 Å². The fourth-order valence-electron chi connectivity index (χ4n) is 1.67. The zero-order chi connectivity index (χ0) is 12.5. The molecular weight excluding hydrogens is 230 g/mol. The van der Waals surface area contributed by atoms with Gasteiger partial charge in [-0.1, -0.05) is 12.2 Å². The Morgan fingerprint density at radius 3 is 2.78 bits per heavy atom. The van der Waals surface area contributed by atoms with Crippen LogP contribution in [0.3, 0.4) is 0 Å². The molecule has 0 unspecified atom stereocenters. The van der Waals surface area contributed by atoms with Crippen molar-refractivity contribution in [1.82, 2.24) is 25.3 Å². The number of hydrogen-bond donors (Lipinski definition) is 4. The van der Waals surface area contributed by atoms with E-state index in [1.54, 1.807) is 0 Å². The lowest BCUT2D eigenvalue weighted by Crippen LogP contribution is -2.04. The smallest absolute Gasteiger partial charge is 0.224 e. The molecule has 7 heteroatoms. The molecule has 0 amide bonds. The van der Waals surface area contributed by atoms with Crippen molar-refractivity contribution in [2.45, 2.75) is 0 Å². The van der Waals surface area contributed by atoms with Crippen molar-refractivity contribution in [3.8, 4) is 0 Å². The molecule has 0 aromatic carbocycles. The zero-order valence-electron chi connectivity index (χ0n) is 9.38. The van der Waals surface area contributed by atoms with Crippen molar-refractivity contribution in [2.75, 3.05) is 11.5 Å². The number of fused-ring (bicyclic) bond motifs is 1. The normalized spacial score (nSPS) is 14.3. The molecule has 0 spiro atoms. The molecule has 0 aliphatic carbocycles. The first-order valence-electron chi connectivity index (χ1n) is 5.33. The fraction of sp³-hybridized carbons (Fsp3) is 0. The molecule has 3 heterocycles. The van der Waals surface area contributed by atoms with Crippen LogP contribution in [0.5, 0.6) is 0 Å². The summed E-state index contributed by atoms with van der Waals surface area (Å²) in [5.74, 6) is 1.03. The molecule has 2 aromatic rings. The van der Waals surface area contributed by atoms with Gasteiger partial charge in [-0.05, 0) is 12.2 Å². The van der Waals surface area contributed by atoms with E-state index in [9.17, 15) is 0 Å². The summed E-state index contributed by atoms with van der Waals surface area (Å²) in [5.41, 5.74) is 13.1. The van der Waals surface area contributed by atoms with Crippen LogP contribution in [0.15, 0.2) is 30.5 Å². The van der Waals surface area contributed by atoms with Gasteiger partial charge in [0.2, 0.25) is 5.95 Å². The molecular formula is C11H11N7. The number of aromatic amines is 1. The number of nitrogens with zero attached hydrogens (tertiary/aromatic N) is 3. The van der Waals surface area contributed by atoms with Crippen LogP contribution < -0.4 is 16.8 Å². The summed E-state index contributed by atoms with van der Waals surface area (Å²) in [6.07, 6.45) is 9.41. The van der Waals surface area contributed by atoms with Gasteiger partial charge in [0, 0.05) is 6.20 Å². The van der Waals surface area contributed by atoms with Gasteiger partial charge >= 0.3 is 0 Å². The number of H-pyrrole nitrogens is 1. The first-order valence-corrected chi connectivity index (χ1v) is 5.33. The van der Waals surface area contributed by atoms with Gasteiger partial charge in [0.15, 0.2) is 17.3 Å². The third-order valence-corrected chi connectivity index (χ3v) is 2.47. The number of allylic oxidation sites excluding steroid dienone is 4. The number of anilines is 2. The SMILES string of the molecule is Nc1nc(N)c2[nH]c(C3=CC=CC=CN3)nc2n1. The van der Waals surface area contributed by atoms with Crippen LogP contribution in [0, 0.1) is 0 Å². The highest BCUT2D eigenvalue weighted by Crippen LogP contribution is 2.19. The summed E-state index contributed by atoms with van der Waals surface area (Å²) >= 11 is 0. The van der Waals surface area contributed by atoms with Crippen molar-refractivity contribution < 1.29 is 0 Å². The summed E-state index contributed by atoms with van der Waals surface area (Å²) < 4.78 is 0. The highest BCUT2D eigenvalue weighted by molar-refractivity contribution is 5.84. The van der Waals surface area contributed by atoms with E-state index in [4.69, 9.17) is 11.5 Å². The number of nitrogens with two attached hydrogens (primary N) is 2. The number of nitrogens with one attached hydrogen (secondary N) is 2. The molecule has 6 N–H and O–H groups in total. The van der Waals surface area contributed by atoms with E-state index in [1.807, 2.05) is 30.5 Å². The second-order valence-corrected chi connectivity index (χ2v) is 3.72. The number of imidazole rings is 1. The van der Waals surface area contributed by atoms with Crippen LogP contribution in [0.1, 0.15) is 5.82 Å². The van der Waals surface area contributed by atoms with E-state index in [1.165, 1.54) is 0 Å². The first kappa shape index (κ1) is 10.3. The van der Waals surface area contributed by atoms with E-state index in [-0.39, 0.29) is 11.8 Å². The van der Waals surface area contributed by atoms with Crippen LogP contribution in [0.2, 0.25) is 0 Å². The lowest BCUT2D eigenvalue weighted by atomic mass is 10.3. The molecule has 0 atom stereocenters. The Kier molecular flexibility index (Phi) is 2.23. The molecule has 0 saturated carbocycles. The maximum atomic E-state index is 5.76. The van der Waals surface area contributed by atoms with Gasteiger partial charge < -0.3 is 21.8 Å². The molecule has 0 radical (unpaired) electrons. The van der Waals surface area contributed by atoms with E-state index in [0.717, 1.165) is 5.70 Å². The molecule has 1 aliphatic rings. The van der Waals surface area contributed by atoms with Crippen LogP contribution >= 0.6 is 0 Å². The Morgan fingerprint density at radius 2 is 1.89 bits per heavy atom. The number of rotatable bonds is 1. The molecule has 3 rings (SSSR count). The average molecular weight is 241 g/mol. The van der Waals surface area contributed by atoms with Gasteiger partial charge in [-0.15, -0.1) is 0 Å². The standard InChI is InChI=1S/C11H11N7/c12-8-7-10(18-11(13)16-8)17-9(15-7)6-4-2-1-3-5-14-6/h1-5,14H,(H5,12,13,15,16,17,18). The van der Waals surface area contributed by atoms with Gasteiger partial charge in [-0.3, -0.25) is 0 Å². The Bertz CT molecular complexity index is 693. The third kappa shape index (κ3) is 1.67. The minimum Gasteiger partial charge on any atom is -0.382 e. The Morgan fingerprint density at radius 1 is 1.00 bits per heavy atom. The van der Waals surface area contributed by atoms with Gasteiger partial charge in [0.1, 0.15) is 5.52 Å². The zero-order valence-corrected chi connectivity index (χ0v) is 9.38. The van der Waals surface area contributed by atoms with Crippen molar-refractivity contribution in [3.05, 3.63) is 36.3 Å². The van der Waals surface area contributed by atoms with Crippen LogP contribution in [0.4, 0.5) is 11.8 Å². The largest absolute Gasteiger partial charge is 0.382 e. The van der Waals surface area contributed by atoms with E-state index in [0.29, 0.717) is 17.0 Å². The third-order valence-electron chi connectivity index (χ3n) is 2.47. The Balaban J connectivity index is 2.14. The number of aromatic nitrogens is 4. The van der Waals surface area contributed by atoms with Crippen LogP contribution in [-0.4, -0.2) is 19.9 Å². The quantitative estimate of drug-likeness (QED) is 0.578. The predicted molar refractivity (Wildman–Crippen MR) is 69.9 cm³/mol. The van der Waals surface area contributed by atoms with Gasteiger partial charge in [0.05, 0.1) is 5.70 Å².